The largest absolute Gasteiger partial charge is 0.466 e. The summed E-state index contributed by atoms with van der Waals surface area (Å²) < 4.78 is 10.0. The number of carbonyl (C=O) groups is 2. The van der Waals surface area contributed by atoms with Crippen LogP contribution in [0.4, 0.5) is 0 Å². The van der Waals surface area contributed by atoms with E-state index in [0.717, 1.165) is 12.8 Å². The van der Waals surface area contributed by atoms with Crippen molar-refractivity contribution in [3.63, 3.8) is 0 Å². The van der Waals surface area contributed by atoms with Gasteiger partial charge in [0.2, 0.25) is 0 Å². The van der Waals surface area contributed by atoms with Gasteiger partial charge in [0.25, 0.3) is 0 Å². The van der Waals surface area contributed by atoms with Crippen molar-refractivity contribution in [3.8, 4) is 0 Å². The van der Waals surface area contributed by atoms with Gasteiger partial charge in [0, 0.05) is 0 Å². The number of carbonyl (C=O) groups excluding carboxylic acids is 2. The third kappa shape index (κ3) is 3.57. The van der Waals surface area contributed by atoms with E-state index in [1.54, 1.807) is 0 Å². The maximum absolute atomic E-state index is 11.4. The Morgan fingerprint density at radius 2 is 1.17 bits per heavy atom. The minimum absolute atomic E-state index is 0.00866. The normalized spacial score (nSPS) is 37.2. The zero-order chi connectivity index (χ0) is 17.1. The summed E-state index contributed by atoms with van der Waals surface area (Å²) in [6, 6.07) is 0. The zero-order valence-electron chi connectivity index (χ0n) is 14.6. The molecule has 4 nitrogen and oxygen atoms in total. The molecule has 0 aromatic heterocycles. The molecule has 132 valence electrons. The second-order valence-corrected chi connectivity index (χ2v) is 7.28. The summed E-state index contributed by atoms with van der Waals surface area (Å²) in [5, 5.41) is 0. The molecule has 24 heavy (non-hydrogen) atoms. The molecule has 0 amide bonds. The molecule has 0 aromatic carbocycles. The van der Waals surface area contributed by atoms with Crippen LogP contribution in [-0.4, -0.2) is 25.2 Å². The van der Waals surface area contributed by atoms with Crippen molar-refractivity contribution < 1.29 is 19.1 Å². The van der Waals surface area contributed by atoms with E-state index in [4.69, 9.17) is 9.47 Å². The van der Waals surface area contributed by atoms with Gasteiger partial charge in [-0.25, -0.2) is 0 Å². The van der Waals surface area contributed by atoms with Crippen molar-refractivity contribution in [3.05, 3.63) is 24.3 Å². The topological polar surface area (TPSA) is 52.6 Å². The van der Waals surface area contributed by atoms with Gasteiger partial charge < -0.3 is 9.47 Å². The molecule has 2 saturated carbocycles. The Hall–Kier alpha value is -1.58. The van der Waals surface area contributed by atoms with Gasteiger partial charge in [-0.15, -0.1) is 0 Å². The molecule has 0 heterocycles. The number of ether oxygens (including phenoxy) is 2. The van der Waals surface area contributed by atoms with Crippen molar-refractivity contribution in [2.75, 3.05) is 13.2 Å². The monoisotopic (exact) mass is 332 g/mol. The van der Waals surface area contributed by atoms with E-state index >= 15 is 0 Å². The molecule has 4 aliphatic carbocycles. The first-order valence-electron chi connectivity index (χ1n) is 9.32. The predicted octanol–water partition coefficient (Wildman–Crippen LogP) is 3.52. The number of hydrogen-bond acceptors (Lipinski definition) is 4. The molecule has 0 saturated heterocycles. The highest BCUT2D eigenvalue weighted by Gasteiger charge is 2.41. The second-order valence-electron chi connectivity index (χ2n) is 7.28. The molecule has 0 N–H and O–H groups in total. The van der Waals surface area contributed by atoms with Crippen molar-refractivity contribution in [1.82, 2.24) is 0 Å². The Bertz CT molecular complexity index is 488. The van der Waals surface area contributed by atoms with Gasteiger partial charge in [-0.3, -0.25) is 9.59 Å². The third-order valence-corrected chi connectivity index (χ3v) is 5.74. The lowest BCUT2D eigenvalue weighted by Gasteiger charge is -2.15. The van der Waals surface area contributed by atoms with Gasteiger partial charge >= 0.3 is 11.9 Å². The highest BCUT2D eigenvalue weighted by molar-refractivity contribution is 5.74. The second kappa shape index (κ2) is 7.54. The van der Waals surface area contributed by atoms with Gasteiger partial charge in [-0.1, -0.05) is 24.3 Å². The third-order valence-electron chi connectivity index (χ3n) is 5.74. The summed E-state index contributed by atoms with van der Waals surface area (Å²) in [6.07, 6.45) is 13.2. The quantitative estimate of drug-likeness (QED) is 0.584. The van der Waals surface area contributed by atoms with Crippen LogP contribution in [0.2, 0.25) is 0 Å². The molecule has 2 fully saturated rings. The summed E-state index contributed by atoms with van der Waals surface area (Å²) in [5.41, 5.74) is 0. The number of rotatable bonds is 4. The van der Waals surface area contributed by atoms with Crippen LogP contribution in [0.1, 0.15) is 39.5 Å². The molecule has 0 aliphatic heterocycles. The van der Waals surface area contributed by atoms with Crippen LogP contribution in [0.3, 0.4) is 0 Å². The Kier molecular flexibility index (Phi) is 5.42. The summed E-state index contributed by atoms with van der Waals surface area (Å²) >= 11 is 0. The fourth-order valence-corrected chi connectivity index (χ4v) is 4.60. The molecular weight excluding hydrogens is 304 g/mol. The Labute approximate surface area is 144 Å². The van der Waals surface area contributed by atoms with E-state index in [2.05, 4.69) is 24.3 Å². The van der Waals surface area contributed by atoms with Crippen LogP contribution < -0.4 is 0 Å². The van der Waals surface area contributed by atoms with Crippen LogP contribution in [0.25, 0.3) is 0 Å². The molecule has 0 spiro atoms. The van der Waals surface area contributed by atoms with Crippen molar-refractivity contribution >= 4 is 11.9 Å². The molecule has 6 atom stereocenters. The standard InChI is InChI=1S/2C10H14O2/c2*1-2-12-10(11)9-6-7-3-4-8(9)5-7/h2*3-4,7-9H,2,5-6H2,1H3/t2*7?,8?,9-/m10/s1. The molecule has 4 heteroatoms. The van der Waals surface area contributed by atoms with E-state index in [1.165, 1.54) is 12.8 Å². The van der Waals surface area contributed by atoms with E-state index in [-0.39, 0.29) is 23.8 Å². The zero-order valence-corrected chi connectivity index (χ0v) is 14.6. The van der Waals surface area contributed by atoms with Crippen LogP contribution >= 0.6 is 0 Å². The van der Waals surface area contributed by atoms with E-state index in [0.29, 0.717) is 36.9 Å². The number of hydrogen-bond donors (Lipinski definition) is 0. The van der Waals surface area contributed by atoms with Gasteiger partial charge in [0.05, 0.1) is 25.0 Å². The van der Waals surface area contributed by atoms with Crippen molar-refractivity contribution in [1.29, 1.82) is 0 Å². The molecule has 4 unspecified atom stereocenters. The summed E-state index contributed by atoms with van der Waals surface area (Å²) in [4.78, 5) is 22.8. The lowest BCUT2D eigenvalue weighted by Crippen LogP contribution is -2.21. The van der Waals surface area contributed by atoms with Crippen LogP contribution in [0, 0.1) is 35.5 Å². The smallest absolute Gasteiger partial charge is 0.309 e. The Morgan fingerprint density at radius 3 is 1.42 bits per heavy atom. The Morgan fingerprint density at radius 1 is 0.750 bits per heavy atom. The predicted molar refractivity (Wildman–Crippen MR) is 91.0 cm³/mol. The first kappa shape index (κ1) is 17.2. The van der Waals surface area contributed by atoms with Crippen LogP contribution in [0.5, 0.6) is 0 Å². The van der Waals surface area contributed by atoms with Gasteiger partial charge in [-0.2, -0.15) is 0 Å². The van der Waals surface area contributed by atoms with E-state index in [1.807, 2.05) is 13.8 Å². The average Bonchev–Trinajstić information content (AvgIpc) is 3.36. The number of fused-ring (bicyclic) bond motifs is 4. The van der Waals surface area contributed by atoms with Gasteiger partial charge in [0.15, 0.2) is 0 Å². The Balaban J connectivity index is 0.000000141. The van der Waals surface area contributed by atoms with Crippen molar-refractivity contribution in [2.24, 2.45) is 35.5 Å². The lowest BCUT2D eigenvalue weighted by atomic mass is 9.94. The molecular formula is C20H28O4. The molecule has 0 radical (unpaired) electrons. The van der Waals surface area contributed by atoms with Gasteiger partial charge in [0.1, 0.15) is 0 Å². The highest BCUT2D eigenvalue weighted by Crippen LogP contribution is 2.44. The first-order chi connectivity index (χ1) is 11.6. The maximum Gasteiger partial charge on any atom is 0.309 e. The summed E-state index contributed by atoms with van der Waals surface area (Å²) in [5.74, 6) is 2.63. The maximum atomic E-state index is 11.4. The number of esters is 2. The highest BCUT2D eigenvalue weighted by atomic mass is 16.5. The lowest BCUT2D eigenvalue weighted by molar-refractivity contribution is -0.149. The fourth-order valence-electron chi connectivity index (χ4n) is 4.60. The van der Waals surface area contributed by atoms with Gasteiger partial charge in [-0.05, 0) is 63.2 Å². The van der Waals surface area contributed by atoms with Crippen LogP contribution in [-0.2, 0) is 19.1 Å². The molecule has 4 rings (SSSR count). The van der Waals surface area contributed by atoms with E-state index in [9.17, 15) is 9.59 Å². The SMILES string of the molecule is CCOC(=O)[C@@H]1CC2C=CC1C2.CCOC(=O)[C@H]1CC2C=CC1C2. The fraction of sp³-hybridized carbons (Fsp3) is 0.700. The average molecular weight is 332 g/mol. The van der Waals surface area contributed by atoms with Crippen molar-refractivity contribution in [2.45, 2.75) is 39.5 Å². The summed E-state index contributed by atoms with van der Waals surface area (Å²) in [7, 11) is 0. The van der Waals surface area contributed by atoms with Crippen LogP contribution in [0.15, 0.2) is 24.3 Å². The molecule has 4 aliphatic rings. The molecule has 0 aromatic rings. The minimum atomic E-state index is 0.00866. The van der Waals surface area contributed by atoms with E-state index < -0.39 is 0 Å². The first-order valence-corrected chi connectivity index (χ1v) is 9.32. The minimum Gasteiger partial charge on any atom is -0.466 e. The number of allylic oxidation sites excluding steroid dienone is 4. The molecule has 4 bridgehead atoms. The summed E-state index contributed by atoms with van der Waals surface area (Å²) in [6.45, 7) is 4.74.